The Labute approximate surface area is 154 Å². The lowest BCUT2D eigenvalue weighted by atomic mass is 10.1. The van der Waals surface area contributed by atoms with Crippen LogP contribution in [0.1, 0.15) is 73.8 Å². The van der Waals surface area contributed by atoms with E-state index in [1.54, 1.807) is 23.0 Å². The van der Waals surface area contributed by atoms with E-state index in [2.05, 4.69) is 15.3 Å². The van der Waals surface area contributed by atoms with Crippen molar-refractivity contribution in [2.24, 2.45) is 0 Å². The molecule has 0 spiro atoms. The minimum absolute atomic E-state index is 0.00471. The lowest BCUT2D eigenvalue weighted by Gasteiger charge is -2.21. The number of hydrogen-bond acceptors (Lipinski definition) is 5. The zero-order chi connectivity index (χ0) is 19.6. The summed E-state index contributed by atoms with van der Waals surface area (Å²) in [6.45, 7) is 11.7. The van der Waals surface area contributed by atoms with E-state index >= 15 is 0 Å². The van der Waals surface area contributed by atoms with Crippen molar-refractivity contribution in [3.8, 4) is 0 Å². The number of carbonyl (C=O) groups excluding carboxylic acids is 2. The molecule has 0 bridgehead atoms. The van der Waals surface area contributed by atoms with E-state index in [0.29, 0.717) is 24.2 Å². The molecule has 0 radical (unpaired) electrons. The standard InChI is InChI=1S/C18H28N6O2/c1-11(2)23-10-19-20-16(23)9-22(7)17(26)8-12(3)24-14(5)18(15(6)25)13(4)21-24/h10-12H,8-9H2,1-7H3/t12-/m0/s1. The summed E-state index contributed by atoms with van der Waals surface area (Å²) in [5, 5.41) is 12.5. The first-order valence-electron chi connectivity index (χ1n) is 8.82. The van der Waals surface area contributed by atoms with Crippen molar-refractivity contribution >= 4 is 11.7 Å². The number of amides is 1. The van der Waals surface area contributed by atoms with E-state index in [9.17, 15) is 9.59 Å². The van der Waals surface area contributed by atoms with Crippen molar-refractivity contribution in [2.45, 2.75) is 66.6 Å². The van der Waals surface area contributed by atoms with Gasteiger partial charge in [-0.25, -0.2) is 0 Å². The van der Waals surface area contributed by atoms with Gasteiger partial charge in [0.15, 0.2) is 11.6 Å². The van der Waals surface area contributed by atoms with Crippen LogP contribution in [0, 0.1) is 13.8 Å². The molecule has 8 nitrogen and oxygen atoms in total. The number of aryl methyl sites for hydroxylation is 1. The first-order valence-corrected chi connectivity index (χ1v) is 8.82. The van der Waals surface area contributed by atoms with Gasteiger partial charge in [-0.05, 0) is 41.5 Å². The van der Waals surface area contributed by atoms with Crippen LogP contribution in [0.2, 0.25) is 0 Å². The molecular weight excluding hydrogens is 332 g/mol. The summed E-state index contributed by atoms with van der Waals surface area (Å²) in [5.41, 5.74) is 2.15. The van der Waals surface area contributed by atoms with Gasteiger partial charge in [-0.15, -0.1) is 10.2 Å². The number of Topliss-reactive ketones (excluding diaryl/α,β-unsaturated/α-hetero) is 1. The number of rotatable bonds is 7. The minimum atomic E-state index is -0.139. The second-order valence-electron chi connectivity index (χ2n) is 7.10. The van der Waals surface area contributed by atoms with Crippen LogP contribution in [-0.2, 0) is 11.3 Å². The average Bonchev–Trinajstić information content (AvgIpc) is 3.11. The highest BCUT2D eigenvalue weighted by molar-refractivity contribution is 5.96. The van der Waals surface area contributed by atoms with Crippen molar-refractivity contribution in [3.63, 3.8) is 0 Å². The van der Waals surface area contributed by atoms with Gasteiger partial charge in [0.25, 0.3) is 0 Å². The number of aromatic nitrogens is 5. The molecule has 0 aliphatic rings. The molecule has 0 N–H and O–H groups in total. The van der Waals surface area contributed by atoms with Crippen molar-refractivity contribution in [3.05, 3.63) is 29.1 Å². The van der Waals surface area contributed by atoms with Crippen LogP contribution in [0.3, 0.4) is 0 Å². The zero-order valence-corrected chi connectivity index (χ0v) is 16.6. The van der Waals surface area contributed by atoms with Crippen molar-refractivity contribution in [1.82, 2.24) is 29.4 Å². The fourth-order valence-corrected chi connectivity index (χ4v) is 3.21. The number of carbonyl (C=O) groups is 2. The average molecular weight is 360 g/mol. The van der Waals surface area contributed by atoms with E-state index in [4.69, 9.17) is 0 Å². The molecule has 2 rings (SSSR count). The highest BCUT2D eigenvalue weighted by Gasteiger charge is 2.22. The van der Waals surface area contributed by atoms with Gasteiger partial charge in [-0.3, -0.25) is 14.3 Å². The normalized spacial score (nSPS) is 12.5. The molecule has 8 heteroatoms. The molecule has 1 amide bonds. The molecule has 0 aliphatic carbocycles. The quantitative estimate of drug-likeness (QED) is 0.708. The number of hydrogen-bond donors (Lipinski definition) is 0. The fraction of sp³-hybridized carbons (Fsp3) is 0.611. The molecule has 0 saturated heterocycles. The third kappa shape index (κ3) is 4.00. The van der Waals surface area contributed by atoms with Crippen molar-refractivity contribution < 1.29 is 9.59 Å². The topological polar surface area (TPSA) is 85.9 Å². The SMILES string of the molecule is CC(=O)c1c(C)nn([C@@H](C)CC(=O)N(C)Cc2nncn2C(C)C)c1C. The molecule has 0 unspecified atom stereocenters. The summed E-state index contributed by atoms with van der Waals surface area (Å²) >= 11 is 0. The smallest absolute Gasteiger partial charge is 0.224 e. The van der Waals surface area contributed by atoms with Gasteiger partial charge >= 0.3 is 0 Å². The van der Waals surface area contributed by atoms with Gasteiger partial charge in [0.2, 0.25) is 5.91 Å². The van der Waals surface area contributed by atoms with Crippen molar-refractivity contribution in [1.29, 1.82) is 0 Å². The predicted octanol–water partition coefficient (Wildman–Crippen LogP) is 2.48. The van der Waals surface area contributed by atoms with Gasteiger partial charge < -0.3 is 9.47 Å². The Balaban J connectivity index is 2.08. The van der Waals surface area contributed by atoms with Gasteiger partial charge in [-0.1, -0.05) is 0 Å². The molecular formula is C18H28N6O2. The van der Waals surface area contributed by atoms with Crippen LogP contribution < -0.4 is 0 Å². The Hall–Kier alpha value is -2.51. The highest BCUT2D eigenvalue weighted by Crippen LogP contribution is 2.21. The molecule has 1 atom stereocenters. The van der Waals surface area contributed by atoms with E-state index in [-0.39, 0.29) is 23.8 Å². The maximum absolute atomic E-state index is 12.6. The summed E-state index contributed by atoms with van der Waals surface area (Å²) in [4.78, 5) is 26.1. The second kappa shape index (κ2) is 7.80. The first-order chi connectivity index (χ1) is 12.1. The van der Waals surface area contributed by atoms with Crippen LogP contribution in [-0.4, -0.2) is 48.2 Å². The Morgan fingerprint density at radius 1 is 1.23 bits per heavy atom. The summed E-state index contributed by atoms with van der Waals surface area (Å²) in [7, 11) is 1.76. The van der Waals surface area contributed by atoms with Crippen LogP contribution in [0.4, 0.5) is 0 Å². The Bertz CT molecular complexity index is 805. The molecule has 2 aromatic rings. The van der Waals surface area contributed by atoms with E-state index in [0.717, 1.165) is 11.5 Å². The lowest BCUT2D eigenvalue weighted by molar-refractivity contribution is -0.131. The third-order valence-electron chi connectivity index (χ3n) is 4.57. The molecule has 2 aromatic heterocycles. The zero-order valence-electron chi connectivity index (χ0n) is 16.6. The van der Waals surface area contributed by atoms with Crippen LogP contribution >= 0.6 is 0 Å². The molecule has 0 aliphatic heterocycles. The summed E-state index contributed by atoms with van der Waals surface area (Å²) in [6, 6.07) is 0.0989. The number of ketones is 1. The van der Waals surface area contributed by atoms with Gasteiger partial charge in [-0.2, -0.15) is 5.10 Å². The van der Waals surface area contributed by atoms with E-state index < -0.39 is 0 Å². The molecule has 26 heavy (non-hydrogen) atoms. The maximum atomic E-state index is 12.6. The second-order valence-corrected chi connectivity index (χ2v) is 7.10. The third-order valence-corrected chi connectivity index (χ3v) is 4.57. The molecule has 0 saturated carbocycles. The first kappa shape index (κ1) is 19.8. The van der Waals surface area contributed by atoms with Crippen molar-refractivity contribution in [2.75, 3.05) is 7.05 Å². The number of nitrogens with zero attached hydrogens (tertiary/aromatic N) is 6. The molecule has 142 valence electrons. The largest absolute Gasteiger partial charge is 0.338 e. The molecule has 2 heterocycles. The predicted molar refractivity (Wildman–Crippen MR) is 97.9 cm³/mol. The van der Waals surface area contributed by atoms with E-state index in [1.165, 1.54) is 6.92 Å². The monoisotopic (exact) mass is 360 g/mol. The Morgan fingerprint density at radius 3 is 2.42 bits per heavy atom. The molecule has 0 aromatic carbocycles. The Morgan fingerprint density at radius 2 is 1.88 bits per heavy atom. The summed E-state index contributed by atoms with van der Waals surface area (Å²) < 4.78 is 3.72. The summed E-state index contributed by atoms with van der Waals surface area (Å²) in [5.74, 6) is 0.746. The summed E-state index contributed by atoms with van der Waals surface area (Å²) in [6.07, 6.45) is 1.98. The van der Waals surface area contributed by atoms with Gasteiger partial charge in [0.1, 0.15) is 6.33 Å². The highest BCUT2D eigenvalue weighted by atomic mass is 16.2. The molecule has 0 fully saturated rings. The van der Waals surface area contributed by atoms with Crippen LogP contribution in [0.25, 0.3) is 0 Å². The lowest BCUT2D eigenvalue weighted by Crippen LogP contribution is -2.30. The van der Waals surface area contributed by atoms with Gasteiger partial charge in [0.05, 0.1) is 23.8 Å². The van der Waals surface area contributed by atoms with Gasteiger partial charge in [0, 0.05) is 25.2 Å². The maximum Gasteiger partial charge on any atom is 0.224 e. The van der Waals surface area contributed by atoms with Crippen LogP contribution in [0.5, 0.6) is 0 Å². The minimum Gasteiger partial charge on any atom is -0.338 e. The Kier molecular flexibility index (Phi) is 5.94. The fourth-order valence-electron chi connectivity index (χ4n) is 3.21. The van der Waals surface area contributed by atoms with Crippen LogP contribution in [0.15, 0.2) is 6.33 Å². The van der Waals surface area contributed by atoms with E-state index in [1.807, 2.05) is 39.2 Å².